The number of fused-ring (bicyclic) bond motifs is 2. The molecule has 2 saturated heterocycles. The number of piperidine rings is 1. The highest BCUT2D eigenvalue weighted by Gasteiger charge is 2.58. The number of morpholine rings is 1. The molecule has 4 unspecified atom stereocenters. The average molecular weight is 599 g/mol. The molecule has 4 heterocycles. The molecule has 0 spiro atoms. The second-order valence-electron chi connectivity index (χ2n) is 9.68. The molecule has 3 aliphatic heterocycles. The first-order valence-corrected chi connectivity index (χ1v) is 13.9. The lowest BCUT2D eigenvalue weighted by molar-refractivity contribution is -0.219. The minimum absolute atomic E-state index is 0.00428. The molecular weight excluding hydrogens is 573 g/mol. The molecule has 214 valence electrons. The van der Waals surface area contributed by atoms with Crippen molar-refractivity contribution in [3.8, 4) is 0 Å². The van der Waals surface area contributed by atoms with Crippen molar-refractivity contribution < 1.29 is 37.3 Å². The van der Waals surface area contributed by atoms with Gasteiger partial charge in [-0.25, -0.2) is 22.9 Å². The van der Waals surface area contributed by atoms with Crippen LogP contribution in [0.4, 0.5) is 13.2 Å². The molecule has 0 amide bonds. The van der Waals surface area contributed by atoms with Crippen LogP contribution >= 0.6 is 22.9 Å². The fraction of sp³-hybridized carbons (Fsp3) is 0.462. The van der Waals surface area contributed by atoms with Crippen LogP contribution in [0.5, 0.6) is 0 Å². The lowest BCUT2D eigenvalue weighted by Crippen LogP contribution is -2.67. The predicted molar refractivity (Wildman–Crippen MR) is 140 cm³/mol. The molecule has 9 nitrogen and oxygen atoms in total. The number of aromatic nitrogens is 1. The molecule has 0 aliphatic carbocycles. The largest absolute Gasteiger partial charge is 0.481 e. The second-order valence-corrected chi connectivity index (χ2v) is 11.0. The monoisotopic (exact) mass is 598 g/mol. The van der Waals surface area contributed by atoms with Crippen molar-refractivity contribution in [2.24, 2.45) is 10.9 Å². The van der Waals surface area contributed by atoms with Gasteiger partial charge < -0.3 is 19.9 Å². The van der Waals surface area contributed by atoms with Gasteiger partial charge in [0.15, 0.2) is 10.8 Å². The number of esters is 1. The highest BCUT2D eigenvalue weighted by Crippen LogP contribution is 2.45. The summed E-state index contributed by atoms with van der Waals surface area (Å²) < 4.78 is 56.6. The highest BCUT2D eigenvalue weighted by molar-refractivity contribution is 7.11. The molecule has 2 fully saturated rings. The van der Waals surface area contributed by atoms with Gasteiger partial charge in [-0.15, -0.1) is 11.3 Å². The number of aliphatic imine (C=N–C) groups is 1. The fourth-order valence-corrected chi connectivity index (χ4v) is 6.30. The number of alkyl halides is 2. The molecule has 2 N–H and O–H groups in total. The van der Waals surface area contributed by atoms with Crippen LogP contribution in [0.15, 0.2) is 46.0 Å². The van der Waals surface area contributed by atoms with E-state index in [0.29, 0.717) is 5.01 Å². The van der Waals surface area contributed by atoms with Crippen LogP contribution in [0.25, 0.3) is 0 Å². The Bertz CT molecular complexity index is 1360. The quantitative estimate of drug-likeness (QED) is 0.438. The van der Waals surface area contributed by atoms with E-state index in [1.807, 2.05) is 0 Å². The maximum Gasteiger partial charge on any atom is 0.338 e. The number of benzene rings is 1. The van der Waals surface area contributed by atoms with Crippen LogP contribution in [0.2, 0.25) is 5.02 Å². The summed E-state index contributed by atoms with van der Waals surface area (Å²) in [5, 5.41) is 14.3. The van der Waals surface area contributed by atoms with Crippen LogP contribution in [0.1, 0.15) is 36.4 Å². The van der Waals surface area contributed by atoms with Gasteiger partial charge in [-0.05, 0) is 19.4 Å². The Kier molecular flexibility index (Phi) is 8.18. The first-order valence-electron chi connectivity index (χ1n) is 12.6. The molecule has 0 saturated carbocycles. The SMILES string of the molecule is CCOC(=O)C1=C(CN2C3COCC2C(F)(F)C(CC(=O)O)C3)NC(c2nccs2)=NC1c1cccc(F)c1Cl. The molecule has 2 bridgehead atoms. The Morgan fingerprint density at radius 3 is 2.85 bits per heavy atom. The first kappa shape index (κ1) is 28.5. The van der Waals surface area contributed by atoms with Crippen LogP contribution in [-0.4, -0.2) is 77.1 Å². The summed E-state index contributed by atoms with van der Waals surface area (Å²) >= 11 is 7.60. The summed E-state index contributed by atoms with van der Waals surface area (Å²) in [7, 11) is 0. The zero-order valence-corrected chi connectivity index (χ0v) is 22.9. The minimum atomic E-state index is -3.37. The van der Waals surface area contributed by atoms with Gasteiger partial charge in [0.05, 0.1) is 42.9 Å². The van der Waals surface area contributed by atoms with E-state index in [9.17, 15) is 19.1 Å². The Labute approximate surface area is 236 Å². The van der Waals surface area contributed by atoms with E-state index in [2.05, 4.69) is 15.3 Å². The lowest BCUT2D eigenvalue weighted by Gasteiger charge is -2.52. The predicted octanol–water partition coefficient (Wildman–Crippen LogP) is 4.04. The van der Waals surface area contributed by atoms with Crippen LogP contribution in [-0.2, 0) is 19.1 Å². The Hall–Kier alpha value is -3.00. The maximum atomic E-state index is 15.6. The van der Waals surface area contributed by atoms with Crippen LogP contribution in [0, 0.1) is 11.7 Å². The molecule has 4 atom stereocenters. The number of amidine groups is 1. The number of ether oxygens (including phenoxy) is 2. The topological polar surface area (TPSA) is 113 Å². The number of rotatable bonds is 8. The molecule has 3 aliphatic rings. The Morgan fingerprint density at radius 2 is 2.15 bits per heavy atom. The zero-order valence-electron chi connectivity index (χ0n) is 21.3. The fourth-order valence-electron chi connectivity index (χ4n) is 5.48. The molecule has 14 heteroatoms. The van der Waals surface area contributed by atoms with E-state index in [-0.39, 0.29) is 60.5 Å². The van der Waals surface area contributed by atoms with Gasteiger partial charge in [0.1, 0.15) is 11.9 Å². The van der Waals surface area contributed by atoms with Gasteiger partial charge in [0.2, 0.25) is 0 Å². The molecule has 2 aromatic rings. The summed E-state index contributed by atoms with van der Waals surface area (Å²) in [6, 6.07) is 1.08. The van der Waals surface area contributed by atoms with Crippen molar-refractivity contribution in [3.63, 3.8) is 0 Å². The summed E-state index contributed by atoms with van der Waals surface area (Å²) in [4.78, 5) is 35.2. The van der Waals surface area contributed by atoms with Gasteiger partial charge in [-0.1, -0.05) is 23.7 Å². The number of halogens is 4. The number of thiazole rings is 1. The van der Waals surface area contributed by atoms with Gasteiger partial charge in [-0.2, -0.15) is 0 Å². The van der Waals surface area contributed by atoms with Crippen molar-refractivity contribution >= 4 is 40.7 Å². The highest BCUT2D eigenvalue weighted by atomic mass is 35.5. The lowest BCUT2D eigenvalue weighted by atomic mass is 9.79. The zero-order chi connectivity index (χ0) is 28.6. The Morgan fingerprint density at radius 1 is 1.35 bits per heavy atom. The third-order valence-electron chi connectivity index (χ3n) is 7.29. The second kappa shape index (κ2) is 11.5. The Balaban J connectivity index is 1.60. The van der Waals surface area contributed by atoms with Gasteiger partial charge >= 0.3 is 11.9 Å². The molecule has 1 aromatic heterocycles. The molecule has 40 heavy (non-hydrogen) atoms. The minimum Gasteiger partial charge on any atom is -0.481 e. The maximum absolute atomic E-state index is 15.6. The van der Waals surface area contributed by atoms with Crippen molar-refractivity contribution in [2.75, 3.05) is 26.4 Å². The normalized spacial score (nSPS) is 26.2. The van der Waals surface area contributed by atoms with Crippen molar-refractivity contribution in [3.05, 3.63) is 62.5 Å². The average Bonchev–Trinajstić information content (AvgIpc) is 3.44. The molecule has 1 aromatic carbocycles. The van der Waals surface area contributed by atoms with E-state index in [0.717, 1.165) is 0 Å². The first-order chi connectivity index (χ1) is 19.1. The number of hydrogen-bond acceptors (Lipinski definition) is 9. The van der Waals surface area contributed by atoms with Gasteiger partial charge in [0, 0.05) is 41.3 Å². The summed E-state index contributed by atoms with van der Waals surface area (Å²) in [5.41, 5.74) is 0.435. The number of carboxylic acid groups (broad SMARTS) is 1. The standard InChI is InChI=1S/C26H26ClF3N4O5S/c1-2-39-25(37)20-17(10-34-14-8-13(9-19(35)36)26(29,30)18(34)12-38-11-14)32-23(24-31-6-7-40-24)33-22(20)15-4-3-5-16(28)21(15)27/h3-7,13-14,18,22H,2,8-12H2,1H3,(H,32,33)(H,35,36). The van der Waals surface area contributed by atoms with Crippen molar-refractivity contribution in [2.45, 2.75) is 43.8 Å². The third kappa shape index (κ3) is 5.35. The third-order valence-corrected chi connectivity index (χ3v) is 8.47. The van der Waals surface area contributed by atoms with Crippen molar-refractivity contribution in [1.82, 2.24) is 15.2 Å². The number of carbonyl (C=O) groups excluding carboxylic acids is 1. The van der Waals surface area contributed by atoms with Crippen LogP contribution < -0.4 is 5.32 Å². The summed E-state index contributed by atoms with van der Waals surface area (Å²) in [6.45, 7) is 1.31. The van der Waals surface area contributed by atoms with E-state index in [1.165, 1.54) is 29.5 Å². The van der Waals surface area contributed by atoms with E-state index >= 15 is 8.78 Å². The van der Waals surface area contributed by atoms with Gasteiger partial charge in [-0.3, -0.25) is 14.7 Å². The van der Waals surface area contributed by atoms with E-state index in [1.54, 1.807) is 23.4 Å². The smallest absolute Gasteiger partial charge is 0.338 e. The number of nitrogens with one attached hydrogen (secondary N) is 1. The molecule has 5 rings (SSSR count). The number of carboxylic acids is 1. The van der Waals surface area contributed by atoms with Crippen LogP contribution in [0.3, 0.4) is 0 Å². The van der Waals surface area contributed by atoms with E-state index in [4.69, 9.17) is 21.1 Å². The summed E-state index contributed by atoms with van der Waals surface area (Å²) in [6.07, 6.45) is 0.794. The number of hydrogen-bond donors (Lipinski definition) is 2. The number of aliphatic carboxylic acids is 1. The summed E-state index contributed by atoms with van der Waals surface area (Å²) in [5.74, 6) is -7.22. The van der Waals surface area contributed by atoms with Gasteiger partial charge in [0.25, 0.3) is 5.92 Å². The number of carbonyl (C=O) groups is 2. The van der Waals surface area contributed by atoms with Crippen molar-refractivity contribution in [1.29, 1.82) is 0 Å². The molecular formula is C26H26ClF3N4O5S. The van der Waals surface area contributed by atoms with E-state index < -0.39 is 54.1 Å². The molecule has 0 radical (unpaired) electrons. The number of nitrogens with zero attached hydrogens (tertiary/aromatic N) is 3.